The average molecular weight is 201 g/mol. The highest BCUT2D eigenvalue weighted by Crippen LogP contribution is 2.04. The van der Waals surface area contributed by atoms with Crippen LogP contribution in [-0.4, -0.2) is 26.3 Å². The van der Waals surface area contributed by atoms with Gasteiger partial charge in [0, 0.05) is 13.2 Å². The summed E-state index contributed by atoms with van der Waals surface area (Å²) in [6.07, 6.45) is 7.98. The monoisotopic (exact) mass is 201 g/mol. The predicted molar refractivity (Wildman–Crippen MR) is 62.7 cm³/mol. The Labute approximate surface area is 89.4 Å². The van der Waals surface area contributed by atoms with Gasteiger partial charge >= 0.3 is 0 Å². The van der Waals surface area contributed by atoms with Gasteiger partial charge in [-0.15, -0.1) is 0 Å². The molecule has 0 radical (unpaired) electrons. The third-order valence-electron chi connectivity index (χ3n) is 2.39. The number of unbranched alkanes of at least 4 members (excludes halogenated alkanes) is 3. The van der Waals surface area contributed by atoms with Crippen LogP contribution in [-0.2, 0) is 4.74 Å². The van der Waals surface area contributed by atoms with E-state index in [0.717, 1.165) is 13.2 Å². The molecule has 1 N–H and O–H groups in total. The third-order valence-corrected chi connectivity index (χ3v) is 2.39. The fourth-order valence-electron chi connectivity index (χ4n) is 1.57. The highest BCUT2D eigenvalue weighted by atomic mass is 16.5. The Hall–Kier alpha value is -0.0800. The van der Waals surface area contributed by atoms with Crippen molar-refractivity contribution in [1.29, 1.82) is 0 Å². The van der Waals surface area contributed by atoms with Gasteiger partial charge in [0.15, 0.2) is 0 Å². The molecule has 0 fully saturated rings. The number of rotatable bonds is 10. The molecule has 1 atom stereocenters. The molecule has 86 valence electrons. The van der Waals surface area contributed by atoms with Crippen LogP contribution in [0.4, 0.5) is 0 Å². The Balaban J connectivity index is 3.30. The number of ether oxygens (including phenoxy) is 1. The molecule has 0 aromatic carbocycles. The molecular weight excluding hydrogens is 174 g/mol. The van der Waals surface area contributed by atoms with Crippen molar-refractivity contribution < 1.29 is 4.74 Å². The lowest BCUT2D eigenvalue weighted by molar-refractivity contribution is 0.0458. The van der Waals surface area contributed by atoms with Gasteiger partial charge in [0.05, 0.1) is 6.10 Å². The van der Waals surface area contributed by atoms with Gasteiger partial charge in [-0.3, -0.25) is 0 Å². The van der Waals surface area contributed by atoms with E-state index in [-0.39, 0.29) is 0 Å². The molecule has 0 saturated heterocycles. The van der Waals surface area contributed by atoms with Gasteiger partial charge < -0.3 is 10.1 Å². The molecular formula is C12H27NO. The number of hydrogen-bond donors (Lipinski definition) is 1. The van der Waals surface area contributed by atoms with E-state index in [0.29, 0.717) is 6.10 Å². The molecule has 0 aromatic rings. The Morgan fingerprint density at radius 1 is 1.07 bits per heavy atom. The van der Waals surface area contributed by atoms with Crippen LogP contribution in [0.2, 0.25) is 0 Å². The minimum Gasteiger partial charge on any atom is -0.377 e. The van der Waals surface area contributed by atoms with Crippen LogP contribution in [0.25, 0.3) is 0 Å². The van der Waals surface area contributed by atoms with E-state index in [4.69, 9.17) is 4.74 Å². The Bertz CT molecular complexity index is 100. The minimum atomic E-state index is 0.423. The maximum absolute atomic E-state index is 5.81. The second-order valence-electron chi connectivity index (χ2n) is 3.90. The summed E-state index contributed by atoms with van der Waals surface area (Å²) in [5, 5.41) is 3.18. The van der Waals surface area contributed by atoms with Crippen molar-refractivity contribution in [3.05, 3.63) is 0 Å². The van der Waals surface area contributed by atoms with Crippen LogP contribution in [0.3, 0.4) is 0 Å². The molecule has 2 nitrogen and oxygen atoms in total. The largest absolute Gasteiger partial charge is 0.377 e. The molecule has 2 heteroatoms. The molecule has 0 amide bonds. The Morgan fingerprint density at radius 2 is 1.86 bits per heavy atom. The van der Waals surface area contributed by atoms with Crippen molar-refractivity contribution in [3.63, 3.8) is 0 Å². The maximum atomic E-state index is 5.81. The summed E-state index contributed by atoms with van der Waals surface area (Å²) in [5.74, 6) is 0. The molecule has 0 aliphatic carbocycles. The molecule has 14 heavy (non-hydrogen) atoms. The van der Waals surface area contributed by atoms with Crippen LogP contribution in [0.15, 0.2) is 0 Å². The summed E-state index contributed by atoms with van der Waals surface area (Å²) >= 11 is 0. The zero-order chi connectivity index (χ0) is 10.6. The summed E-state index contributed by atoms with van der Waals surface area (Å²) in [4.78, 5) is 0. The van der Waals surface area contributed by atoms with E-state index in [1.54, 1.807) is 0 Å². The van der Waals surface area contributed by atoms with Gasteiger partial charge in [-0.25, -0.2) is 0 Å². The van der Waals surface area contributed by atoms with Gasteiger partial charge in [0.1, 0.15) is 0 Å². The molecule has 0 rings (SSSR count). The van der Waals surface area contributed by atoms with Crippen LogP contribution in [0, 0.1) is 0 Å². The first-order valence-corrected chi connectivity index (χ1v) is 6.11. The maximum Gasteiger partial charge on any atom is 0.0699 e. The van der Waals surface area contributed by atoms with Crippen molar-refractivity contribution in [2.75, 3.05) is 20.2 Å². The first-order valence-electron chi connectivity index (χ1n) is 6.11. The van der Waals surface area contributed by atoms with Crippen LogP contribution < -0.4 is 5.32 Å². The molecule has 1 unspecified atom stereocenters. The fraction of sp³-hybridized carbons (Fsp3) is 1.00. The van der Waals surface area contributed by atoms with Gasteiger partial charge in [0.25, 0.3) is 0 Å². The standard InChI is InChI=1S/C12H27NO/c1-4-6-7-8-10-14-12(9-5-2)11-13-3/h12-13H,4-11H2,1-3H3. The fourth-order valence-corrected chi connectivity index (χ4v) is 1.57. The van der Waals surface area contributed by atoms with E-state index < -0.39 is 0 Å². The van der Waals surface area contributed by atoms with Gasteiger partial charge in [-0.2, -0.15) is 0 Å². The van der Waals surface area contributed by atoms with Crippen LogP contribution in [0.1, 0.15) is 52.4 Å². The van der Waals surface area contributed by atoms with Gasteiger partial charge in [-0.1, -0.05) is 39.5 Å². The van der Waals surface area contributed by atoms with Gasteiger partial charge in [-0.05, 0) is 19.9 Å². The molecule has 0 bridgehead atoms. The Morgan fingerprint density at radius 3 is 2.43 bits per heavy atom. The van der Waals surface area contributed by atoms with Crippen molar-refractivity contribution in [1.82, 2.24) is 5.32 Å². The quantitative estimate of drug-likeness (QED) is 0.549. The van der Waals surface area contributed by atoms with Crippen LogP contribution in [0.5, 0.6) is 0 Å². The first-order chi connectivity index (χ1) is 6.85. The van der Waals surface area contributed by atoms with Crippen molar-refractivity contribution >= 4 is 0 Å². The lowest BCUT2D eigenvalue weighted by Crippen LogP contribution is -2.26. The zero-order valence-electron chi connectivity index (χ0n) is 10.1. The predicted octanol–water partition coefficient (Wildman–Crippen LogP) is 2.97. The van der Waals surface area contributed by atoms with E-state index >= 15 is 0 Å². The molecule has 0 saturated carbocycles. The smallest absolute Gasteiger partial charge is 0.0699 e. The average Bonchev–Trinajstić information content (AvgIpc) is 2.18. The van der Waals surface area contributed by atoms with Crippen molar-refractivity contribution in [2.45, 2.75) is 58.5 Å². The first kappa shape index (κ1) is 13.9. The number of nitrogens with one attached hydrogen (secondary N) is 1. The lowest BCUT2D eigenvalue weighted by atomic mass is 10.2. The molecule has 0 aromatic heterocycles. The summed E-state index contributed by atoms with van der Waals surface area (Å²) < 4.78 is 5.81. The summed E-state index contributed by atoms with van der Waals surface area (Å²) in [6.45, 7) is 6.37. The second-order valence-corrected chi connectivity index (χ2v) is 3.90. The highest BCUT2D eigenvalue weighted by Gasteiger charge is 2.05. The van der Waals surface area contributed by atoms with Crippen molar-refractivity contribution in [2.24, 2.45) is 0 Å². The molecule has 0 aliphatic heterocycles. The second kappa shape index (κ2) is 11.0. The third kappa shape index (κ3) is 8.52. The van der Waals surface area contributed by atoms with E-state index in [1.807, 2.05) is 7.05 Å². The SMILES string of the molecule is CCCCCCOC(CCC)CNC. The topological polar surface area (TPSA) is 21.3 Å². The van der Waals surface area contributed by atoms with Gasteiger partial charge in [0.2, 0.25) is 0 Å². The van der Waals surface area contributed by atoms with E-state index in [1.165, 1.54) is 38.5 Å². The number of hydrogen-bond acceptors (Lipinski definition) is 2. The van der Waals surface area contributed by atoms with E-state index in [2.05, 4.69) is 19.2 Å². The number of likely N-dealkylation sites (N-methyl/N-ethyl adjacent to an activating group) is 1. The van der Waals surface area contributed by atoms with Crippen molar-refractivity contribution in [3.8, 4) is 0 Å². The molecule has 0 heterocycles. The van der Waals surface area contributed by atoms with E-state index in [9.17, 15) is 0 Å². The summed E-state index contributed by atoms with van der Waals surface area (Å²) in [6, 6.07) is 0. The summed E-state index contributed by atoms with van der Waals surface area (Å²) in [7, 11) is 1.99. The Kier molecular flexibility index (Phi) is 10.9. The summed E-state index contributed by atoms with van der Waals surface area (Å²) in [5.41, 5.74) is 0. The highest BCUT2D eigenvalue weighted by molar-refractivity contribution is 4.59. The minimum absolute atomic E-state index is 0.423. The molecule has 0 aliphatic rings. The zero-order valence-corrected chi connectivity index (χ0v) is 10.1. The van der Waals surface area contributed by atoms with Crippen LogP contribution >= 0.6 is 0 Å². The normalized spacial score (nSPS) is 13.1. The molecule has 0 spiro atoms. The lowest BCUT2D eigenvalue weighted by Gasteiger charge is -2.16.